The topological polar surface area (TPSA) is 88.1 Å². The molecule has 106 valence electrons. The maximum absolute atomic E-state index is 11.5. The molecule has 0 saturated carbocycles. The first-order valence-corrected chi connectivity index (χ1v) is 8.20. The first-order valence-electron chi connectivity index (χ1n) is 6.00. The number of anilines is 2. The molecule has 1 fully saturated rings. The quantitative estimate of drug-likeness (QED) is 0.870. The van der Waals surface area contributed by atoms with Gasteiger partial charge in [-0.2, -0.15) is 15.0 Å². The van der Waals surface area contributed by atoms with Crippen LogP contribution in [0.3, 0.4) is 0 Å². The average molecular weight is 306 g/mol. The van der Waals surface area contributed by atoms with E-state index in [2.05, 4.69) is 20.3 Å². The van der Waals surface area contributed by atoms with Crippen molar-refractivity contribution in [2.24, 2.45) is 0 Å². The molecule has 1 aliphatic rings. The smallest absolute Gasteiger partial charge is 0.231 e. The molecule has 7 nitrogen and oxygen atoms in total. The molecule has 2 heterocycles. The van der Waals surface area contributed by atoms with E-state index in [4.69, 9.17) is 11.6 Å². The molecule has 0 bridgehead atoms. The highest BCUT2D eigenvalue weighted by Crippen LogP contribution is 2.21. The van der Waals surface area contributed by atoms with Crippen molar-refractivity contribution in [3.63, 3.8) is 0 Å². The molecule has 1 N–H and O–H groups in total. The lowest BCUT2D eigenvalue weighted by atomic mass is 10.2. The third kappa shape index (κ3) is 3.44. The Labute approximate surface area is 117 Å². The number of hydrogen-bond acceptors (Lipinski definition) is 7. The van der Waals surface area contributed by atoms with Crippen LogP contribution < -0.4 is 10.2 Å². The summed E-state index contributed by atoms with van der Waals surface area (Å²) in [5.41, 5.74) is 0. The fraction of sp³-hybridized carbons (Fsp3) is 0.700. The summed E-state index contributed by atoms with van der Waals surface area (Å²) in [5.74, 6) is 1.12. The van der Waals surface area contributed by atoms with Gasteiger partial charge in [0, 0.05) is 19.6 Å². The highest BCUT2D eigenvalue weighted by atomic mass is 35.5. The lowest BCUT2D eigenvalue weighted by Crippen LogP contribution is -2.34. The third-order valence-electron chi connectivity index (χ3n) is 3.00. The first kappa shape index (κ1) is 14.3. The highest BCUT2D eigenvalue weighted by molar-refractivity contribution is 7.91. The van der Waals surface area contributed by atoms with E-state index in [1.54, 1.807) is 11.9 Å². The Bertz CT molecular complexity index is 565. The van der Waals surface area contributed by atoms with Crippen molar-refractivity contribution < 1.29 is 8.42 Å². The molecule has 9 heteroatoms. The van der Waals surface area contributed by atoms with Crippen molar-refractivity contribution >= 4 is 33.3 Å². The van der Waals surface area contributed by atoms with Gasteiger partial charge in [0.1, 0.15) is 0 Å². The van der Waals surface area contributed by atoms with Crippen molar-refractivity contribution in [2.75, 3.05) is 35.3 Å². The number of rotatable bonds is 4. The van der Waals surface area contributed by atoms with Crippen LogP contribution in [0.25, 0.3) is 0 Å². The van der Waals surface area contributed by atoms with Gasteiger partial charge in [-0.3, -0.25) is 0 Å². The Hall–Kier alpha value is -1.15. The summed E-state index contributed by atoms with van der Waals surface area (Å²) in [5, 5.41) is 3.05. The molecule has 1 aliphatic heterocycles. The van der Waals surface area contributed by atoms with Crippen LogP contribution in [0, 0.1) is 0 Å². The zero-order chi connectivity index (χ0) is 14.0. The second kappa shape index (κ2) is 5.46. The van der Waals surface area contributed by atoms with Crippen LogP contribution in [-0.4, -0.2) is 54.5 Å². The molecular formula is C10H16ClN5O2S. The molecular weight excluding hydrogens is 290 g/mol. The van der Waals surface area contributed by atoms with E-state index >= 15 is 0 Å². The predicted octanol–water partition coefficient (Wildman–Crippen LogP) is 0.580. The van der Waals surface area contributed by atoms with Crippen LogP contribution in [0.15, 0.2) is 0 Å². The molecule has 1 saturated heterocycles. The monoisotopic (exact) mass is 305 g/mol. The van der Waals surface area contributed by atoms with Gasteiger partial charge in [0.2, 0.25) is 17.2 Å². The van der Waals surface area contributed by atoms with E-state index in [1.807, 2.05) is 6.92 Å². The molecule has 2 rings (SSSR count). The number of nitrogens with one attached hydrogen (secondary N) is 1. The highest BCUT2D eigenvalue weighted by Gasteiger charge is 2.32. The Morgan fingerprint density at radius 1 is 1.42 bits per heavy atom. The zero-order valence-electron chi connectivity index (χ0n) is 10.8. The van der Waals surface area contributed by atoms with Gasteiger partial charge in [-0.05, 0) is 24.9 Å². The van der Waals surface area contributed by atoms with Crippen LogP contribution in [0.5, 0.6) is 0 Å². The van der Waals surface area contributed by atoms with Crippen molar-refractivity contribution in [1.29, 1.82) is 0 Å². The van der Waals surface area contributed by atoms with Crippen molar-refractivity contribution in [3.8, 4) is 0 Å². The van der Waals surface area contributed by atoms with Gasteiger partial charge in [0.05, 0.1) is 11.5 Å². The molecule has 0 aromatic carbocycles. The largest absolute Gasteiger partial charge is 0.354 e. The molecule has 19 heavy (non-hydrogen) atoms. The SMILES string of the molecule is CCNc1nc(Cl)nc(N(C)C2CCS(=O)(=O)C2)n1. The van der Waals surface area contributed by atoms with Crippen molar-refractivity contribution in [3.05, 3.63) is 5.28 Å². The molecule has 0 radical (unpaired) electrons. The van der Waals surface area contributed by atoms with Gasteiger partial charge in [-0.1, -0.05) is 0 Å². The molecule has 1 unspecified atom stereocenters. The minimum atomic E-state index is -2.94. The number of sulfone groups is 1. The lowest BCUT2D eigenvalue weighted by Gasteiger charge is -2.23. The van der Waals surface area contributed by atoms with Crippen LogP contribution in [0.1, 0.15) is 13.3 Å². The van der Waals surface area contributed by atoms with Crippen LogP contribution in [0.2, 0.25) is 5.28 Å². The number of nitrogens with zero attached hydrogens (tertiary/aromatic N) is 4. The molecule has 1 aromatic rings. The van der Waals surface area contributed by atoms with Crippen LogP contribution >= 0.6 is 11.6 Å². The van der Waals surface area contributed by atoms with Gasteiger partial charge in [-0.15, -0.1) is 0 Å². The van der Waals surface area contributed by atoms with Gasteiger partial charge >= 0.3 is 0 Å². The van der Waals surface area contributed by atoms with Gasteiger partial charge in [0.25, 0.3) is 0 Å². The van der Waals surface area contributed by atoms with E-state index in [-0.39, 0.29) is 22.8 Å². The summed E-state index contributed by atoms with van der Waals surface area (Å²) < 4.78 is 23.0. The fourth-order valence-corrected chi connectivity index (χ4v) is 3.91. The van der Waals surface area contributed by atoms with Crippen LogP contribution in [-0.2, 0) is 9.84 Å². The third-order valence-corrected chi connectivity index (χ3v) is 4.92. The Balaban J connectivity index is 2.21. The number of aromatic nitrogens is 3. The fourth-order valence-electron chi connectivity index (χ4n) is 1.98. The number of hydrogen-bond donors (Lipinski definition) is 1. The summed E-state index contributed by atoms with van der Waals surface area (Å²) >= 11 is 5.85. The van der Waals surface area contributed by atoms with E-state index in [9.17, 15) is 8.42 Å². The van der Waals surface area contributed by atoms with Gasteiger partial charge in [-0.25, -0.2) is 8.42 Å². The Morgan fingerprint density at radius 2 is 2.16 bits per heavy atom. The number of halogens is 1. The summed E-state index contributed by atoms with van der Waals surface area (Å²) in [6, 6.07) is -0.113. The van der Waals surface area contributed by atoms with E-state index < -0.39 is 9.84 Å². The summed E-state index contributed by atoms with van der Waals surface area (Å²) in [7, 11) is -1.17. The van der Waals surface area contributed by atoms with Crippen molar-refractivity contribution in [1.82, 2.24) is 15.0 Å². The summed E-state index contributed by atoms with van der Waals surface area (Å²) in [6.45, 7) is 2.59. The van der Waals surface area contributed by atoms with E-state index in [1.165, 1.54) is 0 Å². The zero-order valence-corrected chi connectivity index (χ0v) is 12.4. The van der Waals surface area contributed by atoms with E-state index in [0.29, 0.717) is 24.9 Å². The first-order chi connectivity index (χ1) is 8.91. The van der Waals surface area contributed by atoms with Crippen molar-refractivity contribution in [2.45, 2.75) is 19.4 Å². The summed E-state index contributed by atoms with van der Waals surface area (Å²) in [6.07, 6.45) is 0.582. The minimum absolute atomic E-state index is 0.0913. The second-order valence-corrected chi connectivity index (χ2v) is 6.99. The normalized spacial score (nSPS) is 21.3. The average Bonchev–Trinajstić information content (AvgIpc) is 2.68. The molecule has 1 atom stereocenters. The maximum Gasteiger partial charge on any atom is 0.231 e. The predicted molar refractivity (Wildman–Crippen MR) is 74.5 cm³/mol. The lowest BCUT2D eigenvalue weighted by molar-refractivity contribution is 0.600. The Morgan fingerprint density at radius 3 is 2.74 bits per heavy atom. The van der Waals surface area contributed by atoms with E-state index in [0.717, 1.165) is 0 Å². The maximum atomic E-state index is 11.5. The molecule has 0 amide bonds. The van der Waals surface area contributed by atoms with Crippen LogP contribution in [0.4, 0.5) is 11.9 Å². The Kier molecular flexibility index (Phi) is 4.10. The van der Waals surface area contributed by atoms with Gasteiger partial charge < -0.3 is 10.2 Å². The molecule has 0 aliphatic carbocycles. The summed E-state index contributed by atoms with van der Waals surface area (Å²) in [4.78, 5) is 14.0. The second-order valence-electron chi connectivity index (χ2n) is 4.43. The minimum Gasteiger partial charge on any atom is -0.354 e. The molecule has 1 aromatic heterocycles. The van der Waals surface area contributed by atoms with Gasteiger partial charge in [0.15, 0.2) is 9.84 Å². The molecule has 0 spiro atoms. The standard InChI is InChI=1S/C10H16ClN5O2S/c1-3-12-9-13-8(11)14-10(15-9)16(2)7-4-5-19(17,18)6-7/h7H,3-6H2,1-2H3,(H,12,13,14,15).